The van der Waals surface area contributed by atoms with Crippen molar-refractivity contribution in [1.29, 1.82) is 0 Å². The first-order valence-electron chi connectivity index (χ1n) is 7.14. The van der Waals surface area contributed by atoms with Crippen LogP contribution in [-0.2, 0) is 5.54 Å². The Morgan fingerprint density at radius 2 is 2.09 bits per heavy atom. The molecule has 7 nitrogen and oxygen atoms in total. The van der Waals surface area contributed by atoms with Gasteiger partial charge in [-0.25, -0.2) is 9.97 Å². The van der Waals surface area contributed by atoms with Crippen LogP contribution in [0.15, 0.2) is 54.8 Å². The number of nitrogens with zero attached hydrogens (tertiary/aromatic N) is 4. The first-order chi connectivity index (χ1) is 11.1. The number of hydrogen-bond donors (Lipinski definition) is 1. The number of fused-ring (bicyclic) bond motifs is 3. The Balaban J connectivity index is 2.04. The second-order valence-corrected chi connectivity index (χ2v) is 5.48. The predicted octanol–water partition coefficient (Wildman–Crippen LogP) is 2.45. The summed E-state index contributed by atoms with van der Waals surface area (Å²) in [6.45, 7) is 0. The Labute approximate surface area is 130 Å². The first kappa shape index (κ1) is 13.4. The summed E-state index contributed by atoms with van der Waals surface area (Å²) in [5.41, 5.74) is 6.94. The highest BCUT2D eigenvalue weighted by Crippen LogP contribution is 2.34. The minimum Gasteiger partial charge on any atom is -0.381 e. The Bertz CT molecular complexity index is 1000. The van der Waals surface area contributed by atoms with Crippen molar-refractivity contribution < 1.29 is 4.92 Å². The van der Waals surface area contributed by atoms with Crippen molar-refractivity contribution in [3.8, 4) is 0 Å². The van der Waals surface area contributed by atoms with Gasteiger partial charge < -0.3 is 5.73 Å². The van der Waals surface area contributed by atoms with E-state index in [0.29, 0.717) is 11.3 Å². The van der Waals surface area contributed by atoms with E-state index in [0.717, 1.165) is 11.0 Å². The quantitative estimate of drug-likeness (QED) is 0.579. The van der Waals surface area contributed by atoms with Gasteiger partial charge in [0.05, 0.1) is 11.0 Å². The third kappa shape index (κ3) is 1.83. The second kappa shape index (κ2) is 4.64. The molecule has 1 aliphatic rings. The standard InChI is InChI=1S/C16H13N5O2/c17-14-15-19-13(16(21(22)23)8-4-1-5-9-16)10-20(15)12-7-3-2-6-11(12)18-14/h1-8,10H,9H2,(H2,17,18). The maximum absolute atomic E-state index is 11.7. The minimum absolute atomic E-state index is 0.253. The normalized spacial score (nSPS) is 20.3. The van der Waals surface area contributed by atoms with Crippen LogP contribution in [0.4, 0.5) is 5.82 Å². The molecule has 0 spiro atoms. The van der Waals surface area contributed by atoms with E-state index >= 15 is 0 Å². The zero-order chi connectivity index (χ0) is 16.0. The molecular formula is C16H13N5O2. The molecule has 0 amide bonds. The fraction of sp³-hybridized carbons (Fsp3) is 0.125. The molecule has 0 saturated heterocycles. The molecule has 7 heteroatoms. The van der Waals surface area contributed by atoms with Crippen LogP contribution < -0.4 is 5.73 Å². The predicted molar refractivity (Wildman–Crippen MR) is 86.5 cm³/mol. The van der Waals surface area contributed by atoms with Crippen LogP contribution in [0.5, 0.6) is 0 Å². The Kier molecular flexibility index (Phi) is 2.71. The van der Waals surface area contributed by atoms with Crippen LogP contribution in [-0.4, -0.2) is 19.3 Å². The van der Waals surface area contributed by atoms with E-state index in [1.54, 1.807) is 34.9 Å². The molecule has 0 aliphatic heterocycles. The third-order valence-electron chi connectivity index (χ3n) is 4.13. The number of nitrogens with two attached hydrogens (primary N) is 1. The lowest BCUT2D eigenvalue weighted by atomic mass is 9.89. The molecule has 0 radical (unpaired) electrons. The van der Waals surface area contributed by atoms with E-state index in [-0.39, 0.29) is 17.2 Å². The molecule has 1 atom stereocenters. The largest absolute Gasteiger partial charge is 0.381 e. The molecule has 3 aromatic rings. The fourth-order valence-electron chi connectivity index (χ4n) is 2.92. The van der Waals surface area contributed by atoms with Gasteiger partial charge in [0, 0.05) is 17.5 Å². The van der Waals surface area contributed by atoms with Crippen molar-refractivity contribution in [2.24, 2.45) is 0 Å². The van der Waals surface area contributed by atoms with Crippen molar-refractivity contribution >= 4 is 22.5 Å². The molecule has 4 rings (SSSR count). The van der Waals surface area contributed by atoms with Crippen molar-refractivity contribution in [2.45, 2.75) is 12.0 Å². The van der Waals surface area contributed by atoms with Gasteiger partial charge in [0.15, 0.2) is 11.5 Å². The van der Waals surface area contributed by atoms with Gasteiger partial charge in [0.2, 0.25) is 0 Å². The second-order valence-electron chi connectivity index (χ2n) is 5.48. The molecule has 0 bridgehead atoms. The number of rotatable bonds is 2. The molecular weight excluding hydrogens is 294 g/mol. The van der Waals surface area contributed by atoms with Crippen molar-refractivity contribution in [2.75, 3.05) is 5.73 Å². The van der Waals surface area contributed by atoms with E-state index in [9.17, 15) is 10.1 Å². The number of allylic oxidation sites excluding steroid dienone is 2. The SMILES string of the molecule is Nc1nc2ccccc2n2cc(C3([N+](=O)[O-])C=CC=CC3)nc12. The maximum atomic E-state index is 11.7. The highest BCUT2D eigenvalue weighted by molar-refractivity contribution is 5.82. The van der Waals surface area contributed by atoms with E-state index in [2.05, 4.69) is 9.97 Å². The molecule has 0 fully saturated rings. The lowest BCUT2D eigenvalue weighted by Crippen LogP contribution is -2.34. The molecule has 2 N–H and O–H groups in total. The fourth-order valence-corrected chi connectivity index (χ4v) is 2.92. The summed E-state index contributed by atoms with van der Waals surface area (Å²) in [6, 6.07) is 7.48. The summed E-state index contributed by atoms with van der Waals surface area (Å²) in [5, 5.41) is 11.7. The summed E-state index contributed by atoms with van der Waals surface area (Å²) in [7, 11) is 0. The molecule has 1 unspecified atom stereocenters. The summed E-state index contributed by atoms with van der Waals surface area (Å²) in [6.07, 6.45) is 8.75. The Hall–Kier alpha value is -3.22. The average Bonchev–Trinajstić information content (AvgIpc) is 3.02. The van der Waals surface area contributed by atoms with E-state index in [1.807, 2.05) is 24.3 Å². The number of para-hydroxylation sites is 2. The van der Waals surface area contributed by atoms with Crippen LogP contribution >= 0.6 is 0 Å². The lowest BCUT2D eigenvalue weighted by molar-refractivity contribution is -0.564. The first-order valence-corrected chi connectivity index (χ1v) is 7.14. The number of anilines is 1. The van der Waals surface area contributed by atoms with Crippen LogP contribution in [0, 0.1) is 10.1 Å². The van der Waals surface area contributed by atoms with Gasteiger partial charge >= 0.3 is 0 Å². The average molecular weight is 307 g/mol. The molecule has 1 aromatic carbocycles. The Morgan fingerprint density at radius 1 is 1.26 bits per heavy atom. The zero-order valence-electron chi connectivity index (χ0n) is 12.1. The van der Waals surface area contributed by atoms with Gasteiger partial charge in [-0.2, -0.15) is 0 Å². The van der Waals surface area contributed by atoms with Gasteiger partial charge in [0.25, 0.3) is 5.54 Å². The topological polar surface area (TPSA) is 99.3 Å². The summed E-state index contributed by atoms with van der Waals surface area (Å²) in [4.78, 5) is 20.2. The number of hydrogen-bond acceptors (Lipinski definition) is 5. The van der Waals surface area contributed by atoms with Gasteiger partial charge in [-0.15, -0.1) is 0 Å². The number of benzene rings is 1. The molecule has 1 aliphatic carbocycles. The molecule has 0 saturated carbocycles. The summed E-state index contributed by atoms with van der Waals surface area (Å²) < 4.78 is 1.77. The molecule has 23 heavy (non-hydrogen) atoms. The van der Waals surface area contributed by atoms with Crippen molar-refractivity contribution in [3.05, 3.63) is 70.6 Å². The smallest absolute Gasteiger partial charge is 0.287 e. The van der Waals surface area contributed by atoms with Crippen LogP contribution in [0.2, 0.25) is 0 Å². The van der Waals surface area contributed by atoms with Crippen LogP contribution in [0.3, 0.4) is 0 Å². The third-order valence-corrected chi connectivity index (χ3v) is 4.13. The van der Waals surface area contributed by atoms with Crippen molar-refractivity contribution in [1.82, 2.24) is 14.4 Å². The molecule has 2 heterocycles. The minimum atomic E-state index is -1.37. The van der Waals surface area contributed by atoms with Gasteiger partial charge in [0.1, 0.15) is 5.69 Å². The highest BCUT2D eigenvalue weighted by Gasteiger charge is 2.44. The van der Waals surface area contributed by atoms with Gasteiger partial charge in [-0.05, 0) is 18.2 Å². The Morgan fingerprint density at radius 3 is 2.83 bits per heavy atom. The highest BCUT2D eigenvalue weighted by atomic mass is 16.6. The monoisotopic (exact) mass is 307 g/mol. The zero-order valence-corrected chi connectivity index (χ0v) is 12.1. The molecule has 114 valence electrons. The van der Waals surface area contributed by atoms with Gasteiger partial charge in [-0.3, -0.25) is 14.5 Å². The van der Waals surface area contributed by atoms with Crippen molar-refractivity contribution in [3.63, 3.8) is 0 Å². The van der Waals surface area contributed by atoms with E-state index in [1.165, 1.54) is 0 Å². The number of nitro groups is 1. The maximum Gasteiger partial charge on any atom is 0.287 e. The van der Waals surface area contributed by atoms with E-state index < -0.39 is 5.54 Å². The summed E-state index contributed by atoms with van der Waals surface area (Å²) >= 11 is 0. The number of aromatic nitrogens is 3. The van der Waals surface area contributed by atoms with E-state index in [4.69, 9.17) is 5.73 Å². The lowest BCUT2D eigenvalue weighted by Gasteiger charge is -2.19. The van der Waals surface area contributed by atoms with Crippen LogP contribution in [0.25, 0.3) is 16.7 Å². The number of imidazole rings is 1. The number of nitrogen functional groups attached to an aromatic ring is 1. The summed E-state index contributed by atoms with van der Waals surface area (Å²) in [5.74, 6) is 0.253. The van der Waals surface area contributed by atoms with Gasteiger partial charge in [-0.1, -0.05) is 30.4 Å². The molecule has 2 aromatic heterocycles. The van der Waals surface area contributed by atoms with Crippen LogP contribution in [0.1, 0.15) is 12.1 Å².